The first-order valence-corrected chi connectivity index (χ1v) is 7.12. The second kappa shape index (κ2) is 5.97. The molecule has 3 aromatic rings. The minimum absolute atomic E-state index is 0.00461. The first kappa shape index (κ1) is 14.3. The molecule has 2 aromatic carbocycles. The number of fused-ring (bicyclic) bond motifs is 1. The average molecular weight is 297 g/mol. The van der Waals surface area contributed by atoms with Gasteiger partial charge in [-0.05, 0) is 35.7 Å². The van der Waals surface area contributed by atoms with E-state index in [0.29, 0.717) is 12.4 Å². The van der Waals surface area contributed by atoms with E-state index in [0.717, 1.165) is 16.6 Å². The van der Waals surface area contributed by atoms with Gasteiger partial charge in [-0.15, -0.1) is 0 Å². The molecule has 0 unspecified atom stereocenters. The Kier molecular flexibility index (Phi) is 3.87. The third kappa shape index (κ3) is 3.14. The van der Waals surface area contributed by atoms with Crippen molar-refractivity contribution in [1.29, 1.82) is 0 Å². The highest BCUT2D eigenvalue weighted by atomic mass is 19.1. The second-order valence-electron chi connectivity index (χ2n) is 5.31. The molecule has 0 aliphatic heterocycles. The Morgan fingerprint density at radius 3 is 2.68 bits per heavy atom. The summed E-state index contributed by atoms with van der Waals surface area (Å²) in [6, 6.07) is 13.8. The van der Waals surface area contributed by atoms with Crippen LogP contribution in [0.1, 0.15) is 24.8 Å². The van der Waals surface area contributed by atoms with E-state index in [1.54, 1.807) is 12.1 Å². The van der Waals surface area contributed by atoms with Gasteiger partial charge in [0.1, 0.15) is 5.82 Å². The van der Waals surface area contributed by atoms with Crippen LogP contribution < -0.4 is 5.32 Å². The van der Waals surface area contributed by atoms with Gasteiger partial charge in [-0.3, -0.25) is 10.1 Å². The zero-order valence-electron chi connectivity index (χ0n) is 12.1. The van der Waals surface area contributed by atoms with Gasteiger partial charge >= 0.3 is 0 Å². The van der Waals surface area contributed by atoms with Crippen LogP contribution in [0.5, 0.6) is 0 Å². The molecule has 3 rings (SSSR count). The molecule has 0 fully saturated rings. The summed E-state index contributed by atoms with van der Waals surface area (Å²) in [6.07, 6.45) is 0.308. The molecular formula is C17H16FN3O. The van der Waals surface area contributed by atoms with Crippen LogP contribution in [0.4, 0.5) is 10.3 Å². The highest BCUT2D eigenvalue weighted by molar-refractivity contribution is 5.91. The first-order chi connectivity index (χ1) is 10.6. The summed E-state index contributed by atoms with van der Waals surface area (Å²) in [5.74, 6) is 0.0426. The number of aromatic amines is 1. The molecule has 0 saturated heterocycles. The van der Waals surface area contributed by atoms with Crippen LogP contribution in [-0.2, 0) is 4.79 Å². The van der Waals surface area contributed by atoms with E-state index in [4.69, 9.17) is 0 Å². The number of hydrogen-bond donors (Lipinski definition) is 2. The van der Waals surface area contributed by atoms with E-state index in [9.17, 15) is 9.18 Å². The molecular weight excluding hydrogens is 281 g/mol. The van der Waals surface area contributed by atoms with Crippen molar-refractivity contribution in [2.24, 2.45) is 0 Å². The van der Waals surface area contributed by atoms with Crippen molar-refractivity contribution in [2.75, 3.05) is 5.32 Å². The van der Waals surface area contributed by atoms with Gasteiger partial charge in [0.05, 0.1) is 11.0 Å². The van der Waals surface area contributed by atoms with Crippen molar-refractivity contribution < 1.29 is 9.18 Å². The lowest BCUT2D eigenvalue weighted by Crippen LogP contribution is -2.15. The number of halogens is 1. The van der Waals surface area contributed by atoms with Crippen LogP contribution in [-0.4, -0.2) is 15.9 Å². The molecule has 0 radical (unpaired) electrons. The number of nitrogens with one attached hydrogen (secondary N) is 2. The number of imidazole rings is 1. The maximum atomic E-state index is 12.9. The van der Waals surface area contributed by atoms with Crippen LogP contribution in [0.15, 0.2) is 48.5 Å². The van der Waals surface area contributed by atoms with E-state index >= 15 is 0 Å². The molecule has 2 N–H and O–H groups in total. The summed E-state index contributed by atoms with van der Waals surface area (Å²) >= 11 is 0. The lowest BCUT2D eigenvalue weighted by molar-refractivity contribution is -0.116. The number of rotatable bonds is 4. The van der Waals surface area contributed by atoms with Crippen molar-refractivity contribution in [3.63, 3.8) is 0 Å². The molecule has 0 aliphatic rings. The SMILES string of the molecule is C[C@@H](CC(=O)Nc1nc2ccccc2[nH]1)c1ccc(F)cc1. The normalized spacial score (nSPS) is 12.3. The average Bonchev–Trinajstić information content (AvgIpc) is 2.89. The largest absolute Gasteiger partial charge is 0.324 e. The van der Waals surface area contributed by atoms with Crippen LogP contribution in [0.3, 0.4) is 0 Å². The minimum atomic E-state index is -0.275. The standard InChI is InChI=1S/C17H16FN3O/c1-11(12-6-8-13(18)9-7-12)10-16(22)21-17-19-14-4-2-3-5-15(14)20-17/h2-9,11H,10H2,1H3,(H2,19,20,21,22)/t11-/m0/s1. The Balaban J connectivity index is 1.65. The molecule has 4 nitrogen and oxygen atoms in total. The smallest absolute Gasteiger partial charge is 0.227 e. The number of amides is 1. The van der Waals surface area contributed by atoms with E-state index in [2.05, 4.69) is 15.3 Å². The Bertz CT molecular complexity index is 762. The molecule has 0 saturated carbocycles. The molecule has 0 aliphatic carbocycles. The van der Waals surface area contributed by atoms with Crippen molar-refractivity contribution in [3.05, 3.63) is 59.9 Å². The van der Waals surface area contributed by atoms with E-state index in [1.807, 2.05) is 31.2 Å². The molecule has 0 spiro atoms. The predicted molar refractivity (Wildman–Crippen MR) is 84.2 cm³/mol. The number of aromatic nitrogens is 2. The molecule has 5 heteroatoms. The lowest BCUT2D eigenvalue weighted by Gasteiger charge is -2.11. The quantitative estimate of drug-likeness (QED) is 0.769. The molecule has 22 heavy (non-hydrogen) atoms. The summed E-state index contributed by atoms with van der Waals surface area (Å²) in [4.78, 5) is 19.5. The summed E-state index contributed by atoms with van der Waals surface area (Å²) < 4.78 is 12.9. The fraction of sp³-hybridized carbons (Fsp3) is 0.176. The fourth-order valence-electron chi connectivity index (χ4n) is 2.38. The number of hydrogen-bond acceptors (Lipinski definition) is 2. The Morgan fingerprint density at radius 1 is 1.23 bits per heavy atom. The van der Waals surface area contributed by atoms with Gasteiger partial charge in [0.2, 0.25) is 11.9 Å². The third-order valence-corrected chi connectivity index (χ3v) is 3.58. The second-order valence-corrected chi connectivity index (χ2v) is 5.31. The topological polar surface area (TPSA) is 57.8 Å². The van der Waals surface area contributed by atoms with Crippen LogP contribution in [0.25, 0.3) is 11.0 Å². The number of nitrogens with zero attached hydrogens (tertiary/aromatic N) is 1. The van der Waals surface area contributed by atoms with Gasteiger partial charge < -0.3 is 4.98 Å². The predicted octanol–water partition coefficient (Wildman–Crippen LogP) is 3.83. The van der Waals surface area contributed by atoms with Crippen molar-refractivity contribution >= 4 is 22.9 Å². The molecule has 1 aromatic heterocycles. The van der Waals surface area contributed by atoms with Gasteiger partial charge in [0.15, 0.2) is 0 Å². The highest BCUT2D eigenvalue weighted by Gasteiger charge is 2.13. The Labute approximate surface area is 127 Å². The van der Waals surface area contributed by atoms with E-state index in [-0.39, 0.29) is 17.6 Å². The fourth-order valence-corrected chi connectivity index (χ4v) is 2.38. The maximum absolute atomic E-state index is 12.9. The van der Waals surface area contributed by atoms with Gasteiger partial charge in [-0.2, -0.15) is 0 Å². The zero-order valence-corrected chi connectivity index (χ0v) is 12.1. The summed E-state index contributed by atoms with van der Waals surface area (Å²) in [5, 5.41) is 2.76. The van der Waals surface area contributed by atoms with Crippen LogP contribution in [0, 0.1) is 5.82 Å². The summed E-state index contributed by atoms with van der Waals surface area (Å²) in [5.41, 5.74) is 2.62. The molecule has 1 heterocycles. The number of carbonyl (C=O) groups is 1. The third-order valence-electron chi connectivity index (χ3n) is 3.58. The Hall–Kier alpha value is -2.69. The van der Waals surface area contributed by atoms with Crippen LogP contribution >= 0.6 is 0 Å². The van der Waals surface area contributed by atoms with E-state index < -0.39 is 0 Å². The van der Waals surface area contributed by atoms with Gasteiger partial charge in [0.25, 0.3) is 0 Å². The number of anilines is 1. The zero-order chi connectivity index (χ0) is 15.5. The molecule has 1 atom stereocenters. The number of para-hydroxylation sites is 2. The molecule has 0 bridgehead atoms. The minimum Gasteiger partial charge on any atom is -0.324 e. The van der Waals surface area contributed by atoms with Gasteiger partial charge in [-0.25, -0.2) is 9.37 Å². The van der Waals surface area contributed by atoms with Crippen LogP contribution in [0.2, 0.25) is 0 Å². The van der Waals surface area contributed by atoms with E-state index in [1.165, 1.54) is 12.1 Å². The molecule has 1 amide bonds. The molecule has 112 valence electrons. The Morgan fingerprint density at radius 2 is 1.95 bits per heavy atom. The van der Waals surface area contributed by atoms with Crippen molar-refractivity contribution in [1.82, 2.24) is 9.97 Å². The monoisotopic (exact) mass is 297 g/mol. The van der Waals surface area contributed by atoms with Gasteiger partial charge in [-0.1, -0.05) is 31.2 Å². The number of benzene rings is 2. The highest BCUT2D eigenvalue weighted by Crippen LogP contribution is 2.20. The summed E-state index contributed by atoms with van der Waals surface area (Å²) in [6.45, 7) is 1.94. The van der Waals surface area contributed by atoms with Crippen molar-refractivity contribution in [3.8, 4) is 0 Å². The summed E-state index contributed by atoms with van der Waals surface area (Å²) in [7, 11) is 0. The van der Waals surface area contributed by atoms with Crippen molar-refractivity contribution in [2.45, 2.75) is 19.3 Å². The number of carbonyl (C=O) groups excluding carboxylic acids is 1. The number of H-pyrrole nitrogens is 1. The maximum Gasteiger partial charge on any atom is 0.227 e. The first-order valence-electron chi connectivity index (χ1n) is 7.12. The lowest BCUT2D eigenvalue weighted by atomic mass is 9.97. The van der Waals surface area contributed by atoms with Gasteiger partial charge in [0, 0.05) is 6.42 Å².